The van der Waals surface area contributed by atoms with E-state index in [-0.39, 0.29) is 11.1 Å². The first kappa shape index (κ1) is 22.8. The van der Waals surface area contributed by atoms with Crippen molar-refractivity contribution in [2.24, 2.45) is 0 Å². The van der Waals surface area contributed by atoms with Crippen LogP contribution in [0.25, 0.3) is 10.9 Å². The van der Waals surface area contributed by atoms with Gasteiger partial charge in [-0.2, -0.15) is 5.01 Å². The van der Waals surface area contributed by atoms with Crippen molar-refractivity contribution < 1.29 is 14.4 Å². The van der Waals surface area contributed by atoms with Crippen molar-refractivity contribution in [1.82, 2.24) is 25.3 Å². The Labute approximate surface area is 202 Å². The number of benzene rings is 2. The Morgan fingerprint density at radius 1 is 1.06 bits per heavy atom. The zero-order valence-corrected chi connectivity index (χ0v) is 19.5. The molecule has 2 N–H and O–H groups in total. The fraction of sp³-hybridized carbons (Fsp3) is 0.346. The maximum Gasteiger partial charge on any atom is 0.344 e. The molecule has 1 atom stereocenters. The number of carbonyl (C=O) groups is 3. The molecule has 9 nitrogen and oxygen atoms in total. The normalized spacial score (nSPS) is 20.2. The lowest BCUT2D eigenvalue weighted by molar-refractivity contribution is -0.133. The monoisotopic (exact) mass is 473 g/mol. The van der Waals surface area contributed by atoms with Crippen LogP contribution in [0.5, 0.6) is 0 Å². The second kappa shape index (κ2) is 8.98. The molecular formula is C26H27N5O4. The second-order valence-corrected chi connectivity index (χ2v) is 9.02. The molecule has 0 spiro atoms. The average molecular weight is 474 g/mol. The highest BCUT2D eigenvalue weighted by molar-refractivity contribution is 6.09. The number of nitrogens with zero attached hydrogens (tertiary/aromatic N) is 3. The van der Waals surface area contributed by atoms with E-state index < -0.39 is 23.4 Å². The number of amides is 4. The van der Waals surface area contributed by atoms with Crippen molar-refractivity contribution in [1.29, 1.82) is 0 Å². The van der Waals surface area contributed by atoms with Gasteiger partial charge in [-0.15, -0.1) is 0 Å². The number of nitrogens with one attached hydrogen (secondary N) is 2. The highest BCUT2D eigenvalue weighted by atomic mass is 16.2. The van der Waals surface area contributed by atoms with Crippen LogP contribution in [0.4, 0.5) is 4.79 Å². The molecule has 1 unspecified atom stereocenters. The van der Waals surface area contributed by atoms with Gasteiger partial charge in [0.1, 0.15) is 11.4 Å². The van der Waals surface area contributed by atoms with E-state index in [9.17, 15) is 19.2 Å². The summed E-state index contributed by atoms with van der Waals surface area (Å²) >= 11 is 0. The zero-order valence-electron chi connectivity index (χ0n) is 19.5. The lowest BCUT2D eigenvalue weighted by atomic mass is 9.87. The van der Waals surface area contributed by atoms with Crippen molar-refractivity contribution in [3.8, 4) is 0 Å². The maximum atomic E-state index is 13.3. The van der Waals surface area contributed by atoms with Gasteiger partial charge in [0.15, 0.2) is 0 Å². The molecule has 4 amide bonds. The Morgan fingerprint density at radius 3 is 2.60 bits per heavy atom. The highest BCUT2D eigenvalue weighted by Gasteiger charge is 2.52. The van der Waals surface area contributed by atoms with Crippen LogP contribution in [-0.4, -0.2) is 32.4 Å². The van der Waals surface area contributed by atoms with E-state index in [0.29, 0.717) is 35.9 Å². The Morgan fingerprint density at radius 2 is 1.83 bits per heavy atom. The van der Waals surface area contributed by atoms with Crippen molar-refractivity contribution >= 4 is 28.7 Å². The molecule has 2 aliphatic heterocycles. The molecule has 9 heteroatoms. The molecular weight excluding hydrogens is 446 g/mol. The minimum absolute atomic E-state index is 0.108. The molecule has 0 aliphatic carbocycles. The fourth-order valence-electron chi connectivity index (χ4n) is 4.94. The summed E-state index contributed by atoms with van der Waals surface area (Å²) in [4.78, 5) is 56.8. The number of hydrogen-bond donors (Lipinski definition) is 2. The summed E-state index contributed by atoms with van der Waals surface area (Å²) in [5.41, 5.74) is 2.35. The number of aryl methyl sites for hydroxylation is 1. The molecule has 2 aromatic carbocycles. The zero-order chi connectivity index (χ0) is 24.6. The van der Waals surface area contributed by atoms with Crippen LogP contribution < -0.4 is 16.3 Å². The SMILES string of the molecule is CCC1(c2ccccc2)NC(=O)N(NC(=O)c2ccc3c(=O)n4c(nc3c2)CCCCCC4)C1=O. The van der Waals surface area contributed by atoms with Crippen molar-refractivity contribution in [2.45, 2.75) is 57.5 Å². The molecule has 35 heavy (non-hydrogen) atoms. The first-order valence-corrected chi connectivity index (χ1v) is 12.0. The van der Waals surface area contributed by atoms with Gasteiger partial charge in [-0.1, -0.05) is 50.1 Å². The standard InChI is InChI=1S/C26H27N5O4/c1-2-26(18-10-6-5-7-11-18)24(34)31(25(35)28-26)29-22(32)17-13-14-19-20(16-17)27-21-12-8-3-4-9-15-30(21)23(19)33/h5-7,10-11,13-14,16H,2-4,8-9,12,15H2,1H3,(H,28,35)(H,29,32). The van der Waals surface area contributed by atoms with Gasteiger partial charge >= 0.3 is 6.03 Å². The Kier molecular flexibility index (Phi) is 5.84. The average Bonchev–Trinajstić information content (AvgIpc) is 3.10. The number of urea groups is 1. The van der Waals surface area contributed by atoms with Gasteiger partial charge in [0.2, 0.25) is 0 Å². The quantitative estimate of drug-likeness (QED) is 0.566. The first-order chi connectivity index (χ1) is 16.9. The molecule has 2 aliphatic rings. The molecule has 3 heterocycles. The number of hydrogen-bond acceptors (Lipinski definition) is 5. The largest absolute Gasteiger partial charge is 0.344 e. The Hall–Kier alpha value is -4.01. The summed E-state index contributed by atoms with van der Waals surface area (Å²) in [6, 6.07) is 12.9. The van der Waals surface area contributed by atoms with E-state index in [1.165, 1.54) is 12.1 Å². The molecule has 1 saturated heterocycles. The third kappa shape index (κ3) is 3.86. The lowest BCUT2D eigenvalue weighted by Crippen LogP contribution is -2.48. The molecule has 1 aromatic heterocycles. The van der Waals surface area contributed by atoms with Crippen LogP contribution in [0.15, 0.2) is 53.3 Å². The number of imide groups is 1. The topological polar surface area (TPSA) is 113 Å². The van der Waals surface area contributed by atoms with E-state index >= 15 is 0 Å². The van der Waals surface area contributed by atoms with E-state index in [0.717, 1.165) is 36.5 Å². The number of carbonyl (C=O) groups excluding carboxylic acids is 3. The third-order valence-electron chi connectivity index (χ3n) is 6.93. The van der Waals surface area contributed by atoms with Crippen molar-refractivity contribution in [3.05, 3.63) is 75.8 Å². The lowest BCUT2D eigenvalue weighted by Gasteiger charge is -2.25. The highest BCUT2D eigenvalue weighted by Crippen LogP contribution is 2.31. The van der Waals surface area contributed by atoms with E-state index in [4.69, 9.17) is 0 Å². The van der Waals surface area contributed by atoms with Crippen LogP contribution in [-0.2, 0) is 23.3 Å². The molecule has 5 rings (SSSR count). The Balaban J connectivity index is 1.43. The number of rotatable bonds is 4. The summed E-state index contributed by atoms with van der Waals surface area (Å²) in [5, 5.41) is 3.91. The van der Waals surface area contributed by atoms with Gasteiger partial charge in [-0.05, 0) is 43.0 Å². The maximum absolute atomic E-state index is 13.3. The molecule has 180 valence electrons. The third-order valence-corrected chi connectivity index (χ3v) is 6.93. The van der Waals surface area contributed by atoms with Crippen LogP contribution in [0.3, 0.4) is 0 Å². The predicted molar refractivity (Wildman–Crippen MR) is 129 cm³/mol. The number of aromatic nitrogens is 2. The predicted octanol–water partition coefficient (Wildman–Crippen LogP) is 3.02. The van der Waals surface area contributed by atoms with Gasteiger partial charge < -0.3 is 5.32 Å². The summed E-state index contributed by atoms with van der Waals surface area (Å²) in [5.74, 6) is -0.462. The Bertz CT molecular complexity index is 1380. The molecule has 3 aromatic rings. The minimum atomic E-state index is -1.25. The number of hydrazine groups is 1. The van der Waals surface area contributed by atoms with Crippen LogP contribution in [0.2, 0.25) is 0 Å². The van der Waals surface area contributed by atoms with Crippen molar-refractivity contribution in [3.63, 3.8) is 0 Å². The van der Waals surface area contributed by atoms with Crippen LogP contribution in [0.1, 0.15) is 60.8 Å². The molecule has 0 saturated carbocycles. The molecule has 0 radical (unpaired) electrons. The van der Waals surface area contributed by atoms with E-state index in [1.54, 1.807) is 41.8 Å². The smallest absolute Gasteiger partial charge is 0.318 e. The second-order valence-electron chi connectivity index (χ2n) is 9.02. The van der Waals surface area contributed by atoms with Crippen molar-refractivity contribution in [2.75, 3.05) is 0 Å². The van der Waals surface area contributed by atoms with Gasteiger partial charge in [-0.25, -0.2) is 9.78 Å². The van der Waals surface area contributed by atoms with Crippen LogP contribution >= 0.6 is 0 Å². The van der Waals surface area contributed by atoms with Gasteiger partial charge in [0.05, 0.1) is 10.9 Å². The first-order valence-electron chi connectivity index (χ1n) is 12.0. The van der Waals surface area contributed by atoms with E-state index in [1.807, 2.05) is 6.07 Å². The van der Waals surface area contributed by atoms with Gasteiger partial charge in [0.25, 0.3) is 17.4 Å². The summed E-state index contributed by atoms with van der Waals surface area (Å²) < 4.78 is 1.74. The number of fused-ring (bicyclic) bond motifs is 2. The summed E-state index contributed by atoms with van der Waals surface area (Å²) in [6.45, 7) is 2.45. The summed E-state index contributed by atoms with van der Waals surface area (Å²) in [7, 11) is 0. The van der Waals surface area contributed by atoms with Crippen LogP contribution in [0, 0.1) is 0 Å². The summed E-state index contributed by atoms with van der Waals surface area (Å²) in [6.07, 6.45) is 5.13. The molecule has 1 fully saturated rings. The van der Waals surface area contributed by atoms with E-state index in [2.05, 4.69) is 15.7 Å². The molecule has 0 bridgehead atoms. The fourth-order valence-corrected chi connectivity index (χ4v) is 4.94. The minimum Gasteiger partial charge on any atom is -0.318 e. The van der Waals surface area contributed by atoms with Gasteiger partial charge in [0, 0.05) is 18.5 Å². The van der Waals surface area contributed by atoms with Gasteiger partial charge in [-0.3, -0.25) is 24.4 Å².